The molecule has 0 unspecified atom stereocenters. The predicted octanol–water partition coefficient (Wildman–Crippen LogP) is 4.20. The van der Waals surface area contributed by atoms with E-state index in [-0.39, 0.29) is 11.5 Å². The number of allylic oxidation sites excluding steroid dienone is 1. The molecule has 0 aromatic heterocycles. The lowest BCUT2D eigenvalue weighted by molar-refractivity contribution is -0.0499. The number of benzene rings is 2. The van der Waals surface area contributed by atoms with Gasteiger partial charge in [0.05, 0.1) is 14.2 Å². The number of hydrogen-bond donors (Lipinski definition) is 0. The third-order valence-electron chi connectivity index (χ3n) is 3.22. The van der Waals surface area contributed by atoms with Gasteiger partial charge in [-0.15, -0.1) is 0 Å². The van der Waals surface area contributed by atoms with Gasteiger partial charge >= 0.3 is 6.61 Å². The Balaban J connectivity index is 2.22. The van der Waals surface area contributed by atoms with E-state index in [1.54, 1.807) is 36.4 Å². The Labute approximate surface area is 138 Å². The maximum atomic E-state index is 12.4. The summed E-state index contributed by atoms with van der Waals surface area (Å²) in [6.45, 7) is -2.93. The van der Waals surface area contributed by atoms with Gasteiger partial charge in [-0.25, -0.2) is 0 Å². The van der Waals surface area contributed by atoms with Crippen LogP contribution in [-0.2, 0) is 0 Å². The molecule has 0 heterocycles. The molecule has 2 rings (SSSR count). The molecule has 126 valence electrons. The van der Waals surface area contributed by atoms with Crippen LogP contribution in [0.3, 0.4) is 0 Å². The van der Waals surface area contributed by atoms with Crippen LogP contribution in [0, 0.1) is 0 Å². The average molecular weight is 334 g/mol. The fraction of sp³-hybridized carbons (Fsp3) is 0.167. The standard InChI is InChI=1S/C18H16F2O4/c1-22-16-10-8-13(11-17(16)23-2)14(21)9-7-12-5-3-4-6-15(12)24-18(19)20/h3-11,18H,1-2H3/b9-7+. The van der Waals surface area contributed by atoms with E-state index in [1.807, 2.05) is 0 Å². The monoisotopic (exact) mass is 334 g/mol. The molecule has 2 aromatic rings. The van der Waals surface area contributed by atoms with Crippen molar-refractivity contribution in [1.29, 1.82) is 0 Å². The smallest absolute Gasteiger partial charge is 0.387 e. The first-order valence-corrected chi connectivity index (χ1v) is 7.03. The fourth-order valence-corrected chi connectivity index (χ4v) is 2.07. The number of para-hydroxylation sites is 1. The van der Waals surface area contributed by atoms with Crippen LogP contribution in [0.2, 0.25) is 0 Å². The Morgan fingerprint density at radius 3 is 2.38 bits per heavy atom. The summed E-state index contributed by atoms with van der Waals surface area (Å²) >= 11 is 0. The van der Waals surface area contributed by atoms with Crippen LogP contribution in [0.15, 0.2) is 48.5 Å². The second kappa shape index (κ2) is 8.10. The summed E-state index contributed by atoms with van der Waals surface area (Å²) in [6, 6.07) is 11.0. The van der Waals surface area contributed by atoms with E-state index in [0.717, 1.165) is 0 Å². The summed E-state index contributed by atoms with van der Waals surface area (Å²) in [7, 11) is 2.97. The van der Waals surface area contributed by atoms with Gasteiger partial charge in [-0.3, -0.25) is 4.79 Å². The van der Waals surface area contributed by atoms with Crippen molar-refractivity contribution in [2.75, 3.05) is 14.2 Å². The second-order valence-corrected chi connectivity index (χ2v) is 4.68. The van der Waals surface area contributed by atoms with Gasteiger partial charge in [0, 0.05) is 11.1 Å². The number of ether oxygens (including phenoxy) is 3. The minimum absolute atomic E-state index is 0.00358. The number of rotatable bonds is 7. The summed E-state index contributed by atoms with van der Waals surface area (Å²) in [5.41, 5.74) is 0.766. The van der Waals surface area contributed by atoms with Crippen LogP contribution in [0.4, 0.5) is 8.78 Å². The first-order chi connectivity index (χ1) is 11.5. The van der Waals surface area contributed by atoms with E-state index < -0.39 is 6.61 Å². The van der Waals surface area contributed by atoms with E-state index in [2.05, 4.69) is 4.74 Å². The minimum atomic E-state index is -2.93. The zero-order valence-electron chi connectivity index (χ0n) is 13.2. The number of alkyl halides is 2. The molecule has 0 amide bonds. The Morgan fingerprint density at radius 1 is 1.00 bits per heavy atom. The maximum Gasteiger partial charge on any atom is 0.387 e. The molecule has 0 aliphatic heterocycles. The number of methoxy groups -OCH3 is 2. The van der Waals surface area contributed by atoms with E-state index in [9.17, 15) is 13.6 Å². The highest BCUT2D eigenvalue weighted by molar-refractivity contribution is 6.07. The van der Waals surface area contributed by atoms with Gasteiger partial charge in [0.1, 0.15) is 5.75 Å². The van der Waals surface area contributed by atoms with Gasteiger partial charge < -0.3 is 14.2 Å². The Kier molecular flexibility index (Phi) is 5.89. The topological polar surface area (TPSA) is 44.8 Å². The molecule has 2 aromatic carbocycles. The highest BCUT2D eigenvalue weighted by Crippen LogP contribution is 2.28. The van der Waals surface area contributed by atoms with Crippen LogP contribution >= 0.6 is 0 Å². The average Bonchev–Trinajstić information content (AvgIpc) is 2.59. The third kappa shape index (κ3) is 4.32. The molecule has 0 atom stereocenters. The molecular weight excluding hydrogens is 318 g/mol. The molecular formula is C18H16F2O4. The Morgan fingerprint density at radius 2 is 1.71 bits per heavy atom. The summed E-state index contributed by atoms with van der Waals surface area (Å²) in [6.07, 6.45) is 2.71. The van der Waals surface area contributed by atoms with Gasteiger partial charge in [-0.1, -0.05) is 18.2 Å². The highest BCUT2D eigenvalue weighted by atomic mass is 19.3. The van der Waals surface area contributed by atoms with Crippen LogP contribution in [0.25, 0.3) is 6.08 Å². The largest absolute Gasteiger partial charge is 0.493 e. The van der Waals surface area contributed by atoms with Gasteiger partial charge in [-0.05, 0) is 36.4 Å². The van der Waals surface area contributed by atoms with Gasteiger partial charge in [0.25, 0.3) is 0 Å². The number of carbonyl (C=O) groups is 1. The van der Waals surface area contributed by atoms with E-state index in [1.165, 1.54) is 32.4 Å². The Bertz CT molecular complexity index is 742. The highest BCUT2D eigenvalue weighted by Gasteiger charge is 2.10. The van der Waals surface area contributed by atoms with Crippen molar-refractivity contribution in [2.24, 2.45) is 0 Å². The van der Waals surface area contributed by atoms with Gasteiger partial charge in [-0.2, -0.15) is 8.78 Å². The summed E-state index contributed by atoms with van der Waals surface area (Å²) < 4.78 is 39.4. The molecule has 24 heavy (non-hydrogen) atoms. The van der Waals surface area contributed by atoms with E-state index >= 15 is 0 Å². The number of halogens is 2. The molecule has 4 nitrogen and oxygen atoms in total. The summed E-state index contributed by atoms with van der Waals surface area (Å²) in [5, 5.41) is 0. The molecule has 0 aliphatic carbocycles. The SMILES string of the molecule is COc1ccc(C(=O)/C=C/c2ccccc2OC(F)F)cc1OC. The Hall–Kier alpha value is -2.89. The molecule has 0 aliphatic rings. The van der Waals surface area contributed by atoms with Gasteiger partial charge in [0.2, 0.25) is 0 Å². The first-order valence-electron chi connectivity index (χ1n) is 7.03. The molecule has 0 spiro atoms. The minimum Gasteiger partial charge on any atom is -0.493 e. The quantitative estimate of drug-likeness (QED) is 0.562. The van der Waals surface area contributed by atoms with Crippen molar-refractivity contribution < 1.29 is 27.8 Å². The van der Waals surface area contributed by atoms with Crippen molar-refractivity contribution in [3.63, 3.8) is 0 Å². The fourth-order valence-electron chi connectivity index (χ4n) is 2.07. The summed E-state index contributed by atoms with van der Waals surface area (Å²) in [4.78, 5) is 12.2. The van der Waals surface area contributed by atoms with E-state index in [0.29, 0.717) is 22.6 Å². The molecule has 0 saturated carbocycles. The molecule has 6 heteroatoms. The van der Waals surface area contributed by atoms with Crippen molar-refractivity contribution in [3.8, 4) is 17.2 Å². The number of ketones is 1. The lowest BCUT2D eigenvalue weighted by Gasteiger charge is -2.08. The molecule has 0 N–H and O–H groups in total. The van der Waals surface area contributed by atoms with Crippen molar-refractivity contribution in [1.82, 2.24) is 0 Å². The zero-order chi connectivity index (χ0) is 17.5. The lowest BCUT2D eigenvalue weighted by Crippen LogP contribution is -2.03. The third-order valence-corrected chi connectivity index (χ3v) is 3.22. The molecule has 0 bridgehead atoms. The van der Waals surface area contributed by atoms with Crippen molar-refractivity contribution >= 4 is 11.9 Å². The second-order valence-electron chi connectivity index (χ2n) is 4.68. The normalized spacial score (nSPS) is 10.9. The van der Waals surface area contributed by atoms with Crippen LogP contribution in [0.5, 0.6) is 17.2 Å². The van der Waals surface area contributed by atoms with Crippen molar-refractivity contribution in [3.05, 3.63) is 59.7 Å². The molecule has 0 radical (unpaired) electrons. The van der Waals surface area contributed by atoms with Crippen LogP contribution < -0.4 is 14.2 Å². The number of carbonyl (C=O) groups excluding carboxylic acids is 1. The zero-order valence-corrected chi connectivity index (χ0v) is 13.2. The summed E-state index contributed by atoms with van der Waals surface area (Å²) in [5.74, 6) is 0.638. The maximum absolute atomic E-state index is 12.4. The predicted molar refractivity (Wildman–Crippen MR) is 86.0 cm³/mol. The number of hydrogen-bond acceptors (Lipinski definition) is 4. The first kappa shape index (κ1) is 17.5. The van der Waals surface area contributed by atoms with Crippen LogP contribution in [-0.4, -0.2) is 26.6 Å². The van der Waals surface area contributed by atoms with Gasteiger partial charge in [0.15, 0.2) is 17.3 Å². The lowest BCUT2D eigenvalue weighted by atomic mass is 10.1. The van der Waals surface area contributed by atoms with Crippen molar-refractivity contribution in [2.45, 2.75) is 6.61 Å². The van der Waals surface area contributed by atoms with E-state index in [4.69, 9.17) is 9.47 Å². The molecule has 0 saturated heterocycles. The molecule has 0 fully saturated rings. The van der Waals surface area contributed by atoms with Crippen LogP contribution in [0.1, 0.15) is 15.9 Å².